The summed E-state index contributed by atoms with van der Waals surface area (Å²) in [4.78, 5) is 39.3. The number of halogens is 1. The molecular formula is C26H21ClN2O5S. The number of carbonyl (C=O) groups is 3. The van der Waals surface area contributed by atoms with Gasteiger partial charge in [0.15, 0.2) is 18.1 Å². The molecule has 35 heavy (non-hydrogen) atoms. The van der Waals surface area contributed by atoms with Crippen LogP contribution < -0.4 is 19.7 Å². The van der Waals surface area contributed by atoms with E-state index in [0.717, 1.165) is 22.2 Å². The van der Waals surface area contributed by atoms with Gasteiger partial charge in [0.1, 0.15) is 0 Å². The van der Waals surface area contributed by atoms with Crippen molar-refractivity contribution in [3.8, 4) is 11.5 Å². The molecule has 1 fully saturated rings. The van der Waals surface area contributed by atoms with E-state index >= 15 is 0 Å². The third-order valence-corrected chi connectivity index (χ3v) is 6.20. The quantitative estimate of drug-likeness (QED) is 0.399. The summed E-state index contributed by atoms with van der Waals surface area (Å²) in [5, 5.41) is 2.85. The molecule has 3 aromatic rings. The number of benzene rings is 3. The second-order valence-electron chi connectivity index (χ2n) is 7.58. The van der Waals surface area contributed by atoms with E-state index in [1.807, 2.05) is 19.1 Å². The Morgan fingerprint density at radius 3 is 2.46 bits per heavy atom. The molecule has 0 unspecified atom stereocenters. The molecule has 1 heterocycles. The number of imide groups is 1. The highest BCUT2D eigenvalue weighted by molar-refractivity contribution is 8.19. The van der Waals surface area contributed by atoms with Gasteiger partial charge in [-0.2, -0.15) is 0 Å². The third kappa shape index (κ3) is 5.67. The minimum absolute atomic E-state index is 0.215. The zero-order valence-corrected chi connectivity index (χ0v) is 20.5. The molecule has 9 heteroatoms. The van der Waals surface area contributed by atoms with Crippen LogP contribution in [0.2, 0.25) is 5.02 Å². The Morgan fingerprint density at radius 1 is 1.06 bits per heavy atom. The molecule has 1 aliphatic heterocycles. The number of aryl methyl sites for hydroxylation is 1. The van der Waals surface area contributed by atoms with Crippen molar-refractivity contribution in [2.45, 2.75) is 6.92 Å². The monoisotopic (exact) mass is 508 g/mol. The zero-order chi connectivity index (χ0) is 24.9. The van der Waals surface area contributed by atoms with Gasteiger partial charge < -0.3 is 14.8 Å². The van der Waals surface area contributed by atoms with Gasteiger partial charge in [0.2, 0.25) is 0 Å². The standard InChI is InChI=1S/C26H21ClN2O5S/c1-16-6-10-19(11-7-16)28-23(30)15-34-24-17(4-3-5-21(24)33-2)14-22-25(31)29(26(32)35-22)20-12-8-18(27)9-13-20/h3-14H,15H2,1-2H3,(H,28,30)/b22-14+. The van der Waals surface area contributed by atoms with Crippen LogP contribution in [0, 0.1) is 6.92 Å². The van der Waals surface area contributed by atoms with Gasteiger partial charge in [0.25, 0.3) is 17.1 Å². The van der Waals surface area contributed by atoms with Gasteiger partial charge in [-0.15, -0.1) is 0 Å². The Labute approximate surface area is 211 Å². The van der Waals surface area contributed by atoms with Gasteiger partial charge in [0, 0.05) is 16.3 Å². The lowest BCUT2D eigenvalue weighted by molar-refractivity contribution is -0.118. The van der Waals surface area contributed by atoms with Gasteiger partial charge >= 0.3 is 0 Å². The van der Waals surface area contributed by atoms with Crippen molar-refractivity contribution in [1.29, 1.82) is 0 Å². The molecule has 0 atom stereocenters. The number of anilines is 2. The fraction of sp³-hybridized carbons (Fsp3) is 0.115. The van der Waals surface area contributed by atoms with E-state index in [2.05, 4.69) is 5.32 Å². The van der Waals surface area contributed by atoms with Gasteiger partial charge in [-0.3, -0.25) is 14.4 Å². The Balaban J connectivity index is 1.54. The summed E-state index contributed by atoms with van der Waals surface area (Å²) in [6, 6.07) is 19.0. The highest BCUT2D eigenvalue weighted by atomic mass is 35.5. The largest absolute Gasteiger partial charge is 0.493 e. The number of thioether (sulfide) groups is 1. The van der Waals surface area contributed by atoms with E-state index in [1.54, 1.807) is 60.7 Å². The maximum Gasteiger partial charge on any atom is 0.298 e. The number of rotatable bonds is 7. The molecule has 0 aromatic heterocycles. The number of amides is 3. The van der Waals surface area contributed by atoms with E-state index in [-0.39, 0.29) is 23.2 Å². The van der Waals surface area contributed by atoms with E-state index in [9.17, 15) is 14.4 Å². The van der Waals surface area contributed by atoms with Crippen LogP contribution in [0.3, 0.4) is 0 Å². The van der Waals surface area contributed by atoms with Crippen molar-refractivity contribution >= 4 is 57.9 Å². The number of nitrogens with zero attached hydrogens (tertiary/aromatic N) is 1. The molecule has 0 radical (unpaired) electrons. The van der Waals surface area contributed by atoms with Crippen molar-refractivity contribution in [2.75, 3.05) is 23.9 Å². The molecule has 7 nitrogen and oxygen atoms in total. The number of carbonyl (C=O) groups excluding carboxylic acids is 3. The summed E-state index contributed by atoms with van der Waals surface area (Å²) < 4.78 is 11.2. The normalized spacial score (nSPS) is 14.4. The Bertz CT molecular complexity index is 1310. The highest BCUT2D eigenvalue weighted by Gasteiger charge is 2.36. The molecule has 1 N–H and O–H groups in total. The van der Waals surface area contributed by atoms with E-state index in [0.29, 0.717) is 27.7 Å². The number of methoxy groups -OCH3 is 1. The van der Waals surface area contributed by atoms with Crippen LogP contribution in [-0.2, 0) is 9.59 Å². The second-order valence-corrected chi connectivity index (χ2v) is 9.00. The van der Waals surface area contributed by atoms with Crippen molar-refractivity contribution < 1.29 is 23.9 Å². The Morgan fingerprint density at radius 2 is 1.77 bits per heavy atom. The highest BCUT2D eigenvalue weighted by Crippen LogP contribution is 2.39. The number of hydrogen-bond donors (Lipinski definition) is 1. The lowest BCUT2D eigenvalue weighted by atomic mass is 10.1. The SMILES string of the molecule is COc1cccc(/C=C2/SC(=O)N(c3ccc(Cl)cc3)C2=O)c1OCC(=O)Nc1ccc(C)cc1. The average Bonchev–Trinajstić information content (AvgIpc) is 3.12. The van der Waals surface area contributed by atoms with Crippen LogP contribution in [0.1, 0.15) is 11.1 Å². The first-order valence-electron chi connectivity index (χ1n) is 10.6. The average molecular weight is 509 g/mol. The molecule has 0 saturated carbocycles. The van der Waals surface area contributed by atoms with E-state index < -0.39 is 11.1 Å². The summed E-state index contributed by atoms with van der Waals surface area (Å²) in [6.07, 6.45) is 1.55. The van der Waals surface area contributed by atoms with Gasteiger partial charge in [-0.1, -0.05) is 41.4 Å². The second kappa shape index (κ2) is 10.7. The Hall–Kier alpha value is -3.75. The number of para-hydroxylation sites is 1. The van der Waals surface area contributed by atoms with Crippen LogP contribution in [0.5, 0.6) is 11.5 Å². The van der Waals surface area contributed by atoms with Crippen molar-refractivity contribution in [3.05, 3.63) is 87.8 Å². The molecule has 4 rings (SSSR count). The van der Waals surface area contributed by atoms with Crippen LogP contribution in [0.25, 0.3) is 6.08 Å². The molecule has 178 valence electrons. The molecule has 0 spiro atoms. The van der Waals surface area contributed by atoms with Crippen LogP contribution in [-0.4, -0.2) is 30.8 Å². The molecule has 3 aromatic carbocycles. The summed E-state index contributed by atoms with van der Waals surface area (Å²) in [5.41, 5.74) is 2.66. The summed E-state index contributed by atoms with van der Waals surface area (Å²) in [7, 11) is 1.48. The minimum Gasteiger partial charge on any atom is -0.493 e. The van der Waals surface area contributed by atoms with Gasteiger partial charge in [-0.05, 0) is 67.2 Å². The summed E-state index contributed by atoms with van der Waals surface area (Å²) >= 11 is 6.73. The van der Waals surface area contributed by atoms with Crippen LogP contribution in [0.4, 0.5) is 16.2 Å². The first kappa shape index (κ1) is 24.4. The molecule has 3 amide bonds. The third-order valence-electron chi connectivity index (χ3n) is 5.08. The first-order valence-corrected chi connectivity index (χ1v) is 11.7. The summed E-state index contributed by atoms with van der Waals surface area (Å²) in [6.45, 7) is 1.68. The smallest absolute Gasteiger partial charge is 0.298 e. The minimum atomic E-state index is -0.465. The molecular weight excluding hydrogens is 488 g/mol. The predicted octanol–water partition coefficient (Wildman–Crippen LogP) is 5.92. The maximum atomic E-state index is 13.0. The zero-order valence-electron chi connectivity index (χ0n) is 18.9. The van der Waals surface area contributed by atoms with Crippen molar-refractivity contribution in [3.63, 3.8) is 0 Å². The first-order chi connectivity index (χ1) is 16.9. The van der Waals surface area contributed by atoms with E-state index in [1.165, 1.54) is 7.11 Å². The van der Waals surface area contributed by atoms with Crippen molar-refractivity contribution in [2.24, 2.45) is 0 Å². The van der Waals surface area contributed by atoms with Gasteiger partial charge in [0.05, 0.1) is 17.7 Å². The number of nitrogens with one attached hydrogen (secondary N) is 1. The Kier molecular flexibility index (Phi) is 7.43. The molecule has 1 saturated heterocycles. The van der Waals surface area contributed by atoms with Crippen LogP contribution >= 0.6 is 23.4 Å². The predicted molar refractivity (Wildman–Crippen MR) is 138 cm³/mol. The van der Waals surface area contributed by atoms with E-state index in [4.69, 9.17) is 21.1 Å². The number of hydrogen-bond acceptors (Lipinski definition) is 6. The lowest BCUT2D eigenvalue weighted by Gasteiger charge is -2.14. The molecule has 0 bridgehead atoms. The fourth-order valence-electron chi connectivity index (χ4n) is 3.36. The molecule has 1 aliphatic rings. The lowest BCUT2D eigenvalue weighted by Crippen LogP contribution is -2.27. The fourth-order valence-corrected chi connectivity index (χ4v) is 4.31. The van der Waals surface area contributed by atoms with Crippen molar-refractivity contribution in [1.82, 2.24) is 0 Å². The topological polar surface area (TPSA) is 84.9 Å². The summed E-state index contributed by atoms with van der Waals surface area (Å²) in [5.74, 6) is -0.145. The van der Waals surface area contributed by atoms with Crippen LogP contribution in [0.15, 0.2) is 71.6 Å². The maximum absolute atomic E-state index is 13.0. The van der Waals surface area contributed by atoms with Gasteiger partial charge in [-0.25, -0.2) is 4.90 Å². The molecule has 0 aliphatic carbocycles. The number of ether oxygens (including phenoxy) is 2.